The first-order valence-corrected chi connectivity index (χ1v) is 8.89. The fraction of sp³-hybridized carbons (Fsp3) is 0.316. The van der Waals surface area contributed by atoms with Crippen molar-refractivity contribution in [1.29, 1.82) is 0 Å². The molecule has 1 amide bonds. The number of carbonyl (C=O) groups excluding carboxylic acids is 1. The van der Waals surface area contributed by atoms with Gasteiger partial charge >= 0.3 is 5.91 Å². The number of aromatic nitrogens is 2. The molecule has 0 unspecified atom stereocenters. The van der Waals surface area contributed by atoms with E-state index >= 15 is 0 Å². The molecule has 1 saturated carbocycles. The molecule has 0 atom stereocenters. The van der Waals surface area contributed by atoms with Gasteiger partial charge in [-0.2, -0.15) is 0 Å². The largest absolute Gasteiger partial charge is 0.485 e. The van der Waals surface area contributed by atoms with Crippen LogP contribution in [-0.2, 0) is 6.61 Å². The van der Waals surface area contributed by atoms with E-state index in [0.717, 1.165) is 18.2 Å². The fourth-order valence-electron chi connectivity index (χ4n) is 3.13. The topological polar surface area (TPSA) is 77.2 Å². The van der Waals surface area contributed by atoms with Crippen LogP contribution in [0.15, 0.2) is 41.1 Å². The summed E-state index contributed by atoms with van der Waals surface area (Å²) in [4.78, 5) is 20.6. The summed E-state index contributed by atoms with van der Waals surface area (Å²) < 4.78 is 11.1. The monoisotopic (exact) mass is 371 g/mol. The number of carbonyl (C=O) groups is 1. The average molecular weight is 372 g/mol. The molecular weight excluding hydrogens is 354 g/mol. The van der Waals surface area contributed by atoms with E-state index in [1.165, 1.54) is 6.26 Å². The summed E-state index contributed by atoms with van der Waals surface area (Å²) in [5, 5.41) is 4.36. The van der Waals surface area contributed by atoms with Gasteiger partial charge in [0, 0.05) is 17.6 Å². The summed E-state index contributed by atoms with van der Waals surface area (Å²) >= 11 is 6.18. The van der Waals surface area contributed by atoms with Gasteiger partial charge in [0.1, 0.15) is 29.8 Å². The standard InChI is InChI=1S/C19H18ClN3O3/c1-11-7-12(8-11)22-18(24)19-23-13(10-26-19)9-25-16-5-4-15(20)14-3-2-6-21-17(14)16/h2-6,10-12H,7-9H2,1H3,(H,22,24). The summed E-state index contributed by atoms with van der Waals surface area (Å²) in [5.74, 6) is 1.04. The van der Waals surface area contributed by atoms with Gasteiger partial charge in [-0.15, -0.1) is 0 Å². The highest BCUT2D eigenvalue weighted by Gasteiger charge is 2.28. The summed E-state index contributed by atoms with van der Waals surface area (Å²) in [5.41, 5.74) is 1.22. The van der Waals surface area contributed by atoms with Crippen molar-refractivity contribution < 1.29 is 13.9 Å². The molecule has 134 valence electrons. The normalized spacial score (nSPS) is 19.2. The highest BCUT2D eigenvalue weighted by molar-refractivity contribution is 6.35. The predicted molar refractivity (Wildman–Crippen MR) is 97.2 cm³/mol. The first-order chi connectivity index (χ1) is 12.6. The van der Waals surface area contributed by atoms with Crippen LogP contribution < -0.4 is 10.1 Å². The number of hydrogen-bond acceptors (Lipinski definition) is 5. The molecule has 4 rings (SSSR count). The SMILES string of the molecule is CC1CC(NC(=O)c2nc(COc3ccc(Cl)c4cccnc34)co2)C1. The van der Waals surface area contributed by atoms with Crippen molar-refractivity contribution in [3.05, 3.63) is 53.3 Å². The summed E-state index contributed by atoms with van der Waals surface area (Å²) in [6.45, 7) is 2.34. The summed E-state index contributed by atoms with van der Waals surface area (Å²) in [7, 11) is 0. The highest BCUT2D eigenvalue weighted by atomic mass is 35.5. The number of nitrogens with zero attached hydrogens (tertiary/aromatic N) is 2. The molecule has 0 saturated heterocycles. The van der Waals surface area contributed by atoms with Crippen LogP contribution in [0.4, 0.5) is 0 Å². The molecule has 0 spiro atoms. The maximum absolute atomic E-state index is 12.1. The van der Waals surface area contributed by atoms with Gasteiger partial charge in [-0.05, 0) is 43.0 Å². The minimum atomic E-state index is -0.285. The van der Waals surface area contributed by atoms with E-state index in [1.807, 2.05) is 12.1 Å². The summed E-state index contributed by atoms with van der Waals surface area (Å²) in [6.07, 6.45) is 5.12. The van der Waals surface area contributed by atoms with Crippen LogP contribution in [0, 0.1) is 5.92 Å². The Morgan fingerprint density at radius 3 is 3.04 bits per heavy atom. The van der Waals surface area contributed by atoms with Crippen molar-refractivity contribution in [2.45, 2.75) is 32.4 Å². The van der Waals surface area contributed by atoms with Gasteiger partial charge in [-0.25, -0.2) is 4.98 Å². The molecule has 3 aromatic rings. The zero-order valence-corrected chi connectivity index (χ0v) is 15.0. The molecule has 6 nitrogen and oxygen atoms in total. The van der Waals surface area contributed by atoms with Gasteiger partial charge in [0.15, 0.2) is 0 Å². The van der Waals surface area contributed by atoms with Crippen molar-refractivity contribution in [3.63, 3.8) is 0 Å². The maximum Gasteiger partial charge on any atom is 0.307 e. The van der Waals surface area contributed by atoms with Gasteiger partial charge in [-0.3, -0.25) is 9.78 Å². The minimum Gasteiger partial charge on any atom is -0.485 e. The predicted octanol–water partition coefficient (Wildman–Crippen LogP) is 3.98. The molecule has 2 aromatic heterocycles. The van der Waals surface area contributed by atoms with Crippen molar-refractivity contribution in [2.75, 3.05) is 0 Å². The van der Waals surface area contributed by atoms with E-state index < -0.39 is 0 Å². The third-order valence-electron chi connectivity index (χ3n) is 4.51. The van der Waals surface area contributed by atoms with Crippen LogP contribution in [0.2, 0.25) is 5.02 Å². The molecule has 1 N–H and O–H groups in total. The number of halogens is 1. The van der Waals surface area contributed by atoms with Gasteiger partial charge in [0.25, 0.3) is 5.89 Å². The lowest BCUT2D eigenvalue weighted by Crippen LogP contribution is -2.43. The Morgan fingerprint density at radius 1 is 1.38 bits per heavy atom. The first kappa shape index (κ1) is 16.8. The van der Waals surface area contributed by atoms with Crippen molar-refractivity contribution in [1.82, 2.24) is 15.3 Å². The minimum absolute atomic E-state index is 0.0576. The maximum atomic E-state index is 12.1. The second-order valence-corrected chi connectivity index (χ2v) is 7.03. The second kappa shape index (κ2) is 6.96. The number of benzene rings is 1. The number of ether oxygens (including phenoxy) is 1. The fourth-order valence-corrected chi connectivity index (χ4v) is 3.34. The first-order valence-electron chi connectivity index (χ1n) is 8.51. The Balaban J connectivity index is 1.42. The Bertz CT molecular complexity index is 950. The van der Waals surface area contributed by atoms with E-state index in [4.69, 9.17) is 20.8 Å². The van der Waals surface area contributed by atoms with E-state index in [-0.39, 0.29) is 24.4 Å². The van der Waals surface area contributed by atoms with E-state index in [9.17, 15) is 4.79 Å². The molecule has 0 bridgehead atoms. The third-order valence-corrected chi connectivity index (χ3v) is 4.84. The van der Waals surface area contributed by atoms with Crippen LogP contribution in [0.1, 0.15) is 36.1 Å². The Kier molecular flexibility index (Phi) is 4.51. The van der Waals surface area contributed by atoms with E-state index in [0.29, 0.717) is 27.9 Å². The Labute approximate surface area is 155 Å². The number of hydrogen-bond donors (Lipinski definition) is 1. The third kappa shape index (κ3) is 3.37. The number of oxazole rings is 1. The molecule has 0 aliphatic heterocycles. The summed E-state index contributed by atoms with van der Waals surface area (Å²) in [6, 6.07) is 7.46. The van der Waals surface area contributed by atoms with Crippen LogP contribution in [0.3, 0.4) is 0 Å². The van der Waals surface area contributed by atoms with Gasteiger partial charge in [0.2, 0.25) is 0 Å². The lowest BCUT2D eigenvalue weighted by atomic mass is 9.82. The number of pyridine rings is 1. The lowest BCUT2D eigenvalue weighted by molar-refractivity contribution is 0.0860. The van der Waals surface area contributed by atoms with Crippen LogP contribution in [-0.4, -0.2) is 21.9 Å². The van der Waals surface area contributed by atoms with E-state index in [2.05, 4.69) is 22.2 Å². The van der Waals surface area contributed by atoms with Crippen LogP contribution in [0.5, 0.6) is 5.75 Å². The van der Waals surface area contributed by atoms with Crippen molar-refractivity contribution in [2.24, 2.45) is 5.92 Å². The number of amides is 1. The lowest BCUT2D eigenvalue weighted by Gasteiger charge is -2.32. The van der Waals surface area contributed by atoms with Crippen LogP contribution >= 0.6 is 11.6 Å². The van der Waals surface area contributed by atoms with Crippen molar-refractivity contribution >= 4 is 28.4 Å². The molecular formula is C19H18ClN3O3. The molecule has 2 heterocycles. The molecule has 0 radical (unpaired) electrons. The number of fused-ring (bicyclic) bond motifs is 1. The Hall–Kier alpha value is -2.60. The van der Waals surface area contributed by atoms with Crippen LogP contribution in [0.25, 0.3) is 10.9 Å². The quantitative estimate of drug-likeness (QED) is 0.733. The van der Waals surface area contributed by atoms with Gasteiger partial charge in [0.05, 0.1) is 5.02 Å². The second-order valence-electron chi connectivity index (χ2n) is 6.62. The average Bonchev–Trinajstić information content (AvgIpc) is 3.09. The molecule has 1 aromatic carbocycles. The van der Waals surface area contributed by atoms with Gasteiger partial charge < -0.3 is 14.5 Å². The molecule has 7 heteroatoms. The smallest absolute Gasteiger partial charge is 0.307 e. The zero-order chi connectivity index (χ0) is 18.1. The molecule has 26 heavy (non-hydrogen) atoms. The van der Waals surface area contributed by atoms with Gasteiger partial charge in [-0.1, -0.05) is 18.5 Å². The van der Waals surface area contributed by atoms with E-state index in [1.54, 1.807) is 18.3 Å². The molecule has 1 aliphatic carbocycles. The number of nitrogens with one attached hydrogen (secondary N) is 1. The molecule has 1 fully saturated rings. The number of rotatable bonds is 5. The zero-order valence-electron chi connectivity index (χ0n) is 14.2. The Morgan fingerprint density at radius 2 is 2.23 bits per heavy atom. The highest BCUT2D eigenvalue weighted by Crippen LogP contribution is 2.30. The molecule has 1 aliphatic rings. The van der Waals surface area contributed by atoms with Crippen molar-refractivity contribution in [3.8, 4) is 5.75 Å².